The first-order valence-corrected chi connectivity index (χ1v) is 7.21. The van der Waals surface area contributed by atoms with Crippen LogP contribution >= 0.6 is 0 Å². The second-order valence-corrected chi connectivity index (χ2v) is 5.40. The Balaban J connectivity index is 2.09. The maximum absolute atomic E-state index is 12.1. The first-order valence-electron chi connectivity index (χ1n) is 7.21. The molecule has 0 bridgehead atoms. The van der Waals surface area contributed by atoms with Gasteiger partial charge in [-0.25, -0.2) is 4.79 Å². The molecule has 2 N–H and O–H groups in total. The van der Waals surface area contributed by atoms with Gasteiger partial charge < -0.3 is 15.2 Å². The summed E-state index contributed by atoms with van der Waals surface area (Å²) in [6.45, 7) is 0.161. The molecule has 0 radical (unpaired) electrons. The summed E-state index contributed by atoms with van der Waals surface area (Å²) in [4.78, 5) is 12.1. The zero-order chi connectivity index (χ0) is 14.4. The second kappa shape index (κ2) is 6.86. The van der Waals surface area contributed by atoms with Crippen molar-refractivity contribution in [2.45, 2.75) is 43.7 Å². The molecule has 1 aromatic rings. The molecule has 1 atom stereocenters. The second-order valence-electron chi connectivity index (χ2n) is 5.40. The van der Waals surface area contributed by atoms with Crippen molar-refractivity contribution >= 4 is 5.97 Å². The molecule has 0 aromatic heterocycles. The number of hydrogen-bond acceptors (Lipinski definition) is 4. The summed E-state index contributed by atoms with van der Waals surface area (Å²) in [6, 6.07) is 9.28. The van der Waals surface area contributed by atoms with E-state index in [4.69, 9.17) is 15.2 Å². The van der Waals surface area contributed by atoms with Gasteiger partial charge in [-0.05, 0) is 18.4 Å². The lowest BCUT2D eigenvalue weighted by Gasteiger charge is -2.30. The first-order chi connectivity index (χ1) is 9.66. The van der Waals surface area contributed by atoms with E-state index < -0.39 is 11.5 Å². The van der Waals surface area contributed by atoms with Crippen molar-refractivity contribution in [1.29, 1.82) is 0 Å². The van der Waals surface area contributed by atoms with Gasteiger partial charge in [-0.15, -0.1) is 0 Å². The van der Waals surface area contributed by atoms with Gasteiger partial charge in [0.15, 0.2) is 5.54 Å². The summed E-state index contributed by atoms with van der Waals surface area (Å²) in [7, 11) is 1.35. The summed E-state index contributed by atoms with van der Waals surface area (Å²) in [5, 5.41) is 0. The lowest BCUT2D eigenvalue weighted by molar-refractivity contribution is -0.151. The van der Waals surface area contributed by atoms with Gasteiger partial charge in [0.1, 0.15) is 0 Å². The summed E-state index contributed by atoms with van der Waals surface area (Å²) >= 11 is 0. The fraction of sp³-hybridized carbons (Fsp3) is 0.562. The van der Waals surface area contributed by atoms with Gasteiger partial charge in [-0.3, -0.25) is 0 Å². The van der Waals surface area contributed by atoms with Crippen molar-refractivity contribution in [3.8, 4) is 0 Å². The minimum atomic E-state index is -1.23. The van der Waals surface area contributed by atoms with Crippen LogP contribution in [0.15, 0.2) is 30.3 Å². The molecule has 1 saturated carbocycles. The topological polar surface area (TPSA) is 61.5 Å². The predicted octanol–water partition coefficient (Wildman–Crippen LogP) is 2.36. The van der Waals surface area contributed by atoms with Gasteiger partial charge >= 0.3 is 5.97 Å². The molecule has 4 heteroatoms. The molecule has 1 unspecified atom stereocenters. The van der Waals surface area contributed by atoms with Crippen LogP contribution in [0.2, 0.25) is 0 Å². The molecular weight excluding hydrogens is 254 g/mol. The normalized spacial score (nSPS) is 19.3. The predicted molar refractivity (Wildman–Crippen MR) is 77.1 cm³/mol. The Bertz CT molecular complexity index is 429. The number of rotatable bonds is 5. The molecule has 110 valence electrons. The Morgan fingerprint density at radius 2 is 1.90 bits per heavy atom. The highest BCUT2D eigenvalue weighted by Crippen LogP contribution is 2.25. The van der Waals surface area contributed by atoms with Gasteiger partial charge in [0.2, 0.25) is 0 Å². The summed E-state index contributed by atoms with van der Waals surface area (Å²) in [6.07, 6.45) is 5.94. The maximum atomic E-state index is 12.1. The van der Waals surface area contributed by atoms with Crippen LogP contribution in [0.4, 0.5) is 0 Å². The van der Waals surface area contributed by atoms with E-state index in [-0.39, 0.29) is 12.7 Å². The van der Waals surface area contributed by atoms with Gasteiger partial charge in [-0.2, -0.15) is 0 Å². The van der Waals surface area contributed by atoms with Gasteiger partial charge in [0, 0.05) is 0 Å². The summed E-state index contributed by atoms with van der Waals surface area (Å²) < 4.78 is 10.8. The smallest absolute Gasteiger partial charge is 0.332 e. The average molecular weight is 277 g/mol. The van der Waals surface area contributed by atoms with E-state index in [1.807, 2.05) is 30.3 Å². The standard InChI is InChI=1S/C16H23NO3/c1-19-15(18)16(17,13-8-4-2-5-9-13)12-20-14-10-6-3-7-11-14/h2,4-5,8-9,14H,3,6-7,10-12,17H2,1H3. The van der Waals surface area contributed by atoms with Crippen molar-refractivity contribution in [3.05, 3.63) is 35.9 Å². The molecule has 1 fully saturated rings. The van der Waals surface area contributed by atoms with Crippen molar-refractivity contribution in [2.24, 2.45) is 5.73 Å². The highest BCUT2D eigenvalue weighted by Gasteiger charge is 2.38. The Morgan fingerprint density at radius 1 is 1.25 bits per heavy atom. The van der Waals surface area contributed by atoms with E-state index in [0.29, 0.717) is 0 Å². The third kappa shape index (κ3) is 3.38. The number of methoxy groups -OCH3 is 1. The Hall–Kier alpha value is -1.39. The Kier molecular flexibility index (Phi) is 5.15. The minimum absolute atomic E-state index is 0.161. The van der Waals surface area contributed by atoms with E-state index in [0.717, 1.165) is 18.4 Å². The number of carbonyl (C=O) groups excluding carboxylic acids is 1. The molecule has 1 aliphatic rings. The summed E-state index contributed by atoms with van der Waals surface area (Å²) in [5.41, 5.74) is 5.79. The zero-order valence-corrected chi connectivity index (χ0v) is 12.0. The molecule has 0 heterocycles. The first kappa shape index (κ1) is 15.0. The molecule has 2 rings (SSSR count). The third-order valence-corrected chi connectivity index (χ3v) is 3.94. The number of nitrogens with two attached hydrogens (primary N) is 1. The largest absolute Gasteiger partial charge is 0.467 e. The van der Waals surface area contributed by atoms with E-state index in [2.05, 4.69) is 0 Å². The molecule has 4 nitrogen and oxygen atoms in total. The van der Waals surface area contributed by atoms with Crippen molar-refractivity contribution < 1.29 is 14.3 Å². The molecule has 0 spiro atoms. The maximum Gasteiger partial charge on any atom is 0.332 e. The van der Waals surface area contributed by atoms with Crippen molar-refractivity contribution in [3.63, 3.8) is 0 Å². The number of esters is 1. The minimum Gasteiger partial charge on any atom is -0.467 e. The third-order valence-electron chi connectivity index (χ3n) is 3.94. The zero-order valence-electron chi connectivity index (χ0n) is 12.0. The number of benzene rings is 1. The van der Waals surface area contributed by atoms with Crippen LogP contribution in [-0.4, -0.2) is 25.8 Å². The van der Waals surface area contributed by atoms with Gasteiger partial charge in [-0.1, -0.05) is 49.6 Å². The van der Waals surface area contributed by atoms with Gasteiger partial charge in [0.05, 0.1) is 19.8 Å². The number of carbonyl (C=O) groups is 1. The van der Waals surface area contributed by atoms with Crippen molar-refractivity contribution in [2.75, 3.05) is 13.7 Å². The molecular formula is C16H23NO3. The fourth-order valence-electron chi connectivity index (χ4n) is 2.66. The Morgan fingerprint density at radius 3 is 2.50 bits per heavy atom. The highest BCUT2D eigenvalue weighted by molar-refractivity contribution is 5.82. The van der Waals surface area contributed by atoms with E-state index in [1.165, 1.54) is 26.4 Å². The average Bonchev–Trinajstić information content (AvgIpc) is 2.53. The number of hydrogen-bond donors (Lipinski definition) is 1. The summed E-state index contributed by atoms with van der Waals surface area (Å²) in [5.74, 6) is -0.459. The van der Waals surface area contributed by atoms with E-state index in [1.54, 1.807) is 0 Å². The SMILES string of the molecule is COC(=O)C(N)(COC1CCCCC1)c1ccccc1. The van der Waals surface area contributed by atoms with Crippen LogP contribution in [0.1, 0.15) is 37.7 Å². The van der Waals surface area contributed by atoms with Gasteiger partial charge in [0.25, 0.3) is 0 Å². The van der Waals surface area contributed by atoms with Crippen LogP contribution in [0, 0.1) is 0 Å². The molecule has 20 heavy (non-hydrogen) atoms. The van der Waals surface area contributed by atoms with Crippen LogP contribution in [0.5, 0.6) is 0 Å². The van der Waals surface area contributed by atoms with E-state index in [9.17, 15) is 4.79 Å². The number of ether oxygens (including phenoxy) is 2. The molecule has 1 aliphatic carbocycles. The van der Waals surface area contributed by atoms with E-state index >= 15 is 0 Å². The monoisotopic (exact) mass is 277 g/mol. The molecule has 0 saturated heterocycles. The van der Waals surface area contributed by atoms with Crippen LogP contribution < -0.4 is 5.73 Å². The molecule has 0 aliphatic heterocycles. The fourth-order valence-corrected chi connectivity index (χ4v) is 2.66. The lowest BCUT2D eigenvalue weighted by atomic mass is 9.91. The lowest BCUT2D eigenvalue weighted by Crippen LogP contribution is -2.50. The van der Waals surface area contributed by atoms with Crippen molar-refractivity contribution in [1.82, 2.24) is 0 Å². The highest BCUT2D eigenvalue weighted by atomic mass is 16.5. The van der Waals surface area contributed by atoms with Crippen LogP contribution in [0.3, 0.4) is 0 Å². The van der Waals surface area contributed by atoms with Crippen LogP contribution in [0.25, 0.3) is 0 Å². The van der Waals surface area contributed by atoms with Crippen LogP contribution in [-0.2, 0) is 19.8 Å². The Labute approximate surface area is 120 Å². The quantitative estimate of drug-likeness (QED) is 0.839. The molecule has 1 aromatic carbocycles. The molecule has 0 amide bonds.